The van der Waals surface area contributed by atoms with Crippen molar-refractivity contribution in [1.29, 1.82) is 0 Å². The highest BCUT2D eigenvalue weighted by molar-refractivity contribution is 7.98. The zero-order valence-corrected chi connectivity index (χ0v) is 16.6. The number of aromatic nitrogens is 4. The SMILES string of the molecule is O=[N+]([O-])c1ccc(CSCNc2ncnc3c2ncn3[C@@H]2O[C@H](CO)C[C@H]2O)cc1. The second-order valence-electron chi connectivity index (χ2n) is 6.77. The molecule has 12 heteroatoms. The molecule has 1 aliphatic heterocycles. The van der Waals surface area contributed by atoms with E-state index < -0.39 is 23.4 Å². The van der Waals surface area contributed by atoms with E-state index >= 15 is 0 Å². The van der Waals surface area contributed by atoms with Crippen LogP contribution >= 0.6 is 11.8 Å². The molecule has 0 spiro atoms. The maximum absolute atomic E-state index is 10.7. The van der Waals surface area contributed by atoms with Gasteiger partial charge in [0.15, 0.2) is 23.2 Å². The van der Waals surface area contributed by atoms with Gasteiger partial charge < -0.3 is 20.3 Å². The lowest BCUT2D eigenvalue weighted by atomic mass is 10.2. The van der Waals surface area contributed by atoms with Gasteiger partial charge in [0.2, 0.25) is 0 Å². The van der Waals surface area contributed by atoms with E-state index in [9.17, 15) is 20.3 Å². The lowest BCUT2D eigenvalue weighted by Gasteiger charge is -2.16. The molecule has 0 saturated carbocycles. The monoisotopic (exact) mass is 432 g/mol. The number of thioether (sulfide) groups is 1. The van der Waals surface area contributed by atoms with E-state index in [1.165, 1.54) is 18.5 Å². The van der Waals surface area contributed by atoms with Gasteiger partial charge in [-0.3, -0.25) is 14.7 Å². The zero-order chi connectivity index (χ0) is 21.1. The van der Waals surface area contributed by atoms with Crippen molar-refractivity contribution in [2.24, 2.45) is 0 Å². The minimum atomic E-state index is -0.761. The molecule has 2 aromatic heterocycles. The van der Waals surface area contributed by atoms with Crippen LogP contribution in [0.15, 0.2) is 36.9 Å². The fourth-order valence-corrected chi connectivity index (χ4v) is 4.04. The summed E-state index contributed by atoms with van der Waals surface area (Å²) in [4.78, 5) is 23.2. The number of nitrogens with one attached hydrogen (secondary N) is 1. The Morgan fingerprint density at radius 1 is 1.30 bits per heavy atom. The molecular formula is C18H20N6O5S. The van der Waals surface area contributed by atoms with Crippen LogP contribution in [0, 0.1) is 10.1 Å². The quantitative estimate of drug-likeness (QED) is 0.208. The number of hydrogen-bond donors (Lipinski definition) is 3. The number of nitro groups is 1. The molecule has 0 unspecified atom stereocenters. The highest BCUT2D eigenvalue weighted by Gasteiger charge is 2.35. The number of hydrogen-bond acceptors (Lipinski definition) is 10. The number of non-ortho nitro benzene ring substituents is 1. The van der Waals surface area contributed by atoms with Gasteiger partial charge in [0.05, 0.1) is 29.8 Å². The normalized spacial score (nSPS) is 21.2. The van der Waals surface area contributed by atoms with E-state index in [1.807, 2.05) is 0 Å². The van der Waals surface area contributed by atoms with Gasteiger partial charge in [-0.15, -0.1) is 11.8 Å². The molecule has 30 heavy (non-hydrogen) atoms. The topological polar surface area (TPSA) is 148 Å². The molecule has 1 aliphatic rings. The summed E-state index contributed by atoms with van der Waals surface area (Å²) in [6, 6.07) is 6.46. The Bertz CT molecular complexity index is 1030. The predicted octanol–water partition coefficient (Wildman–Crippen LogP) is 1.68. The summed E-state index contributed by atoms with van der Waals surface area (Å²) in [6.07, 6.45) is 1.46. The maximum Gasteiger partial charge on any atom is 0.269 e. The fourth-order valence-electron chi connectivity index (χ4n) is 3.27. The van der Waals surface area contributed by atoms with Crippen molar-refractivity contribution in [2.75, 3.05) is 17.8 Å². The molecule has 1 fully saturated rings. The highest BCUT2D eigenvalue weighted by atomic mass is 32.2. The lowest BCUT2D eigenvalue weighted by molar-refractivity contribution is -0.384. The van der Waals surface area contributed by atoms with Crippen molar-refractivity contribution in [1.82, 2.24) is 19.5 Å². The van der Waals surface area contributed by atoms with Crippen LogP contribution in [0.4, 0.5) is 11.5 Å². The van der Waals surface area contributed by atoms with Crippen LogP contribution in [0.3, 0.4) is 0 Å². The summed E-state index contributed by atoms with van der Waals surface area (Å²) in [5.74, 6) is 1.78. The van der Waals surface area contributed by atoms with Gasteiger partial charge in [0.25, 0.3) is 5.69 Å². The molecule has 3 aromatic rings. The third-order valence-corrected chi connectivity index (χ3v) is 5.65. The van der Waals surface area contributed by atoms with Gasteiger partial charge >= 0.3 is 0 Å². The first-order valence-electron chi connectivity index (χ1n) is 9.23. The Morgan fingerprint density at radius 2 is 2.10 bits per heavy atom. The number of imidazole rings is 1. The summed E-state index contributed by atoms with van der Waals surface area (Å²) in [5, 5.41) is 33.4. The molecule has 3 atom stereocenters. The van der Waals surface area contributed by atoms with Gasteiger partial charge in [-0.05, 0) is 5.56 Å². The van der Waals surface area contributed by atoms with Crippen molar-refractivity contribution < 1.29 is 19.9 Å². The number of aliphatic hydroxyl groups excluding tert-OH is 2. The third kappa shape index (κ3) is 4.21. The molecule has 0 radical (unpaired) electrons. The van der Waals surface area contributed by atoms with Crippen LogP contribution in [-0.2, 0) is 10.5 Å². The first kappa shape index (κ1) is 20.5. The van der Waals surface area contributed by atoms with E-state index in [1.54, 1.807) is 34.8 Å². The van der Waals surface area contributed by atoms with E-state index in [-0.39, 0.29) is 12.3 Å². The minimum absolute atomic E-state index is 0.0718. The van der Waals surface area contributed by atoms with Crippen LogP contribution < -0.4 is 5.32 Å². The first-order chi connectivity index (χ1) is 14.6. The summed E-state index contributed by atoms with van der Waals surface area (Å²) in [5.41, 5.74) is 2.13. The molecule has 3 N–H and O–H groups in total. The molecule has 0 amide bonds. The second-order valence-corrected chi connectivity index (χ2v) is 7.76. The van der Waals surface area contributed by atoms with Crippen LogP contribution in [0.25, 0.3) is 11.2 Å². The molecule has 3 heterocycles. The Labute approximate surface area is 175 Å². The van der Waals surface area contributed by atoms with Crippen LogP contribution in [0.2, 0.25) is 0 Å². The van der Waals surface area contributed by atoms with Crippen molar-refractivity contribution in [3.05, 3.63) is 52.6 Å². The number of benzene rings is 1. The summed E-state index contributed by atoms with van der Waals surface area (Å²) in [6.45, 7) is -0.159. The van der Waals surface area contributed by atoms with Gasteiger partial charge in [-0.1, -0.05) is 12.1 Å². The Balaban J connectivity index is 1.39. The highest BCUT2D eigenvalue weighted by Crippen LogP contribution is 2.31. The molecule has 1 aromatic carbocycles. The standard InChI is InChI=1S/C18H20N6O5S/c25-6-13-5-14(26)18(29-13)23-9-21-15-16(19-8-20-17(15)23)22-10-30-7-11-1-3-12(4-2-11)24(27)28/h1-4,8-9,13-14,18,25-26H,5-7,10H2,(H,19,20,22)/t13-,14+,18+/m0/s1. The number of ether oxygens (including phenoxy) is 1. The van der Waals surface area contributed by atoms with E-state index in [0.717, 1.165) is 5.56 Å². The van der Waals surface area contributed by atoms with E-state index in [4.69, 9.17) is 4.74 Å². The largest absolute Gasteiger partial charge is 0.394 e. The van der Waals surface area contributed by atoms with Crippen LogP contribution in [0.1, 0.15) is 18.2 Å². The van der Waals surface area contributed by atoms with Gasteiger partial charge in [0.1, 0.15) is 12.4 Å². The minimum Gasteiger partial charge on any atom is -0.394 e. The molecule has 11 nitrogen and oxygen atoms in total. The van der Waals surface area contributed by atoms with Gasteiger partial charge in [0, 0.05) is 24.3 Å². The van der Waals surface area contributed by atoms with Crippen LogP contribution in [0.5, 0.6) is 0 Å². The van der Waals surface area contributed by atoms with Crippen LogP contribution in [-0.4, -0.2) is 59.3 Å². The fraction of sp³-hybridized carbons (Fsp3) is 0.389. The molecule has 1 saturated heterocycles. The van der Waals surface area contributed by atoms with Crippen molar-refractivity contribution in [3.63, 3.8) is 0 Å². The number of anilines is 1. The molecule has 0 aliphatic carbocycles. The number of nitrogens with zero attached hydrogens (tertiary/aromatic N) is 5. The van der Waals surface area contributed by atoms with Crippen molar-refractivity contribution in [3.8, 4) is 0 Å². The second kappa shape index (κ2) is 8.92. The van der Waals surface area contributed by atoms with E-state index in [0.29, 0.717) is 35.0 Å². The molecule has 4 rings (SSSR count). The van der Waals surface area contributed by atoms with Gasteiger partial charge in [-0.2, -0.15) is 0 Å². The number of aliphatic hydroxyl groups is 2. The molecular weight excluding hydrogens is 412 g/mol. The first-order valence-corrected chi connectivity index (χ1v) is 10.4. The zero-order valence-electron chi connectivity index (χ0n) is 15.8. The Hall–Kier alpha value is -2.80. The predicted molar refractivity (Wildman–Crippen MR) is 110 cm³/mol. The number of nitro benzene ring substituents is 1. The molecule has 0 bridgehead atoms. The van der Waals surface area contributed by atoms with Gasteiger partial charge in [-0.25, -0.2) is 15.0 Å². The number of rotatable bonds is 8. The average molecular weight is 432 g/mol. The molecule has 158 valence electrons. The summed E-state index contributed by atoms with van der Waals surface area (Å²) < 4.78 is 7.33. The number of fused-ring (bicyclic) bond motifs is 1. The third-order valence-electron chi connectivity index (χ3n) is 4.76. The lowest BCUT2D eigenvalue weighted by Crippen LogP contribution is -2.19. The van der Waals surface area contributed by atoms with E-state index in [2.05, 4.69) is 20.3 Å². The Morgan fingerprint density at radius 3 is 2.80 bits per heavy atom. The van der Waals surface area contributed by atoms with Crippen molar-refractivity contribution >= 4 is 34.4 Å². The summed E-state index contributed by atoms with van der Waals surface area (Å²) >= 11 is 1.59. The smallest absolute Gasteiger partial charge is 0.269 e. The Kier molecular flexibility index (Phi) is 6.08. The van der Waals surface area contributed by atoms with Crippen molar-refractivity contribution in [2.45, 2.75) is 30.6 Å². The summed E-state index contributed by atoms with van der Waals surface area (Å²) in [7, 11) is 0. The average Bonchev–Trinajstić information content (AvgIpc) is 3.34. The maximum atomic E-state index is 10.7.